The Bertz CT molecular complexity index is 1380. The summed E-state index contributed by atoms with van der Waals surface area (Å²) in [4.78, 5) is 17.7. The number of thiophene rings is 1. The Morgan fingerprint density at radius 2 is 1.91 bits per heavy atom. The maximum absolute atomic E-state index is 12.9. The first kappa shape index (κ1) is 22.7. The van der Waals surface area contributed by atoms with Crippen LogP contribution in [0.5, 0.6) is 0 Å². The van der Waals surface area contributed by atoms with Crippen LogP contribution in [0.25, 0.3) is 10.7 Å². The zero-order valence-corrected chi connectivity index (χ0v) is 19.7. The standard InChI is InChI=1S/C23H22N4O4S2/c1-15-5-3-6-18(13-15)27-33(29,30)20-14-17(9-8-16(20)2)24-21(28)10-11-22-25-23(26-31-22)19-7-4-12-32-19/h3-9,12-14,27H,10-11H2,1-2H3,(H,24,28). The van der Waals surface area contributed by atoms with Crippen molar-refractivity contribution >= 4 is 38.6 Å². The number of carbonyl (C=O) groups is 1. The lowest BCUT2D eigenvalue weighted by Gasteiger charge is -2.13. The fourth-order valence-electron chi connectivity index (χ4n) is 3.19. The summed E-state index contributed by atoms with van der Waals surface area (Å²) in [5.41, 5.74) is 2.38. The third-order valence-corrected chi connectivity index (χ3v) is 7.20. The van der Waals surface area contributed by atoms with Crippen LogP contribution in [-0.4, -0.2) is 24.5 Å². The highest BCUT2D eigenvalue weighted by molar-refractivity contribution is 7.92. The van der Waals surface area contributed by atoms with Gasteiger partial charge in [-0.2, -0.15) is 4.98 Å². The van der Waals surface area contributed by atoms with E-state index in [4.69, 9.17) is 4.52 Å². The van der Waals surface area contributed by atoms with Crippen molar-refractivity contribution < 1.29 is 17.7 Å². The van der Waals surface area contributed by atoms with Gasteiger partial charge in [0.2, 0.25) is 17.6 Å². The Morgan fingerprint density at radius 1 is 1.06 bits per heavy atom. The molecule has 33 heavy (non-hydrogen) atoms. The van der Waals surface area contributed by atoms with Crippen LogP contribution in [0.15, 0.2) is 69.4 Å². The molecule has 2 N–H and O–H groups in total. The molecule has 0 unspecified atom stereocenters. The van der Waals surface area contributed by atoms with Crippen molar-refractivity contribution in [2.45, 2.75) is 31.6 Å². The first-order chi connectivity index (χ1) is 15.8. The van der Waals surface area contributed by atoms with E-state index in [0.29, 0.717) is 28.7 Å². The van der Waals surface area contributed by atoms with E-state index < -0.39 is 10.0 Å². The summed E-state index contributed by atoms with van der Waals surface area (Å²) in [6.07, 6.45) is 0.389. The Hall–Kier alpha value is -3.50. The van der Waals surface area contributed by atoms with Crippen LogP contribution in [-0.2, 0) is 21.2 Å². The van der Waals surface area contributed by atoms with Crippen LogP contribution in [0.2, 0.25) is 0 Å². The molecule has 0 aliphatic heterocycles. The van der Waals surface area contributed by atoms with Crippen LogP contribution in [0.1, 0.15) is 23.4 Å². The van der Waals surface area contributed by atoms with Crippen LogP contribution < -0.4 is 10.0 Å². The van der Waals surface area contributed by atoms with Crippen LogP contribution in [0.4, 0.5) is 11.4 Å². The van der Waals surface area contributed by atoms with Crippen LogP contribution >= 0.6 is 11.3 Å². The van der Waals surface area contributed by atoms with E-state index in [1.165, 1.54) is 17.4 Å². The molecule has 8 nitrogen and oxygen atoms in total. The zero-order valence-electron chi connectivity index (χ0n) is 18.0. The quantitative estimate of drug-likeness (QED) is 0.373. The Balaban J connectivity index is 1.41. The fourth-order valence-corrected chi connectivity index (χ4v) is 5.16. The van der Waals surface area contributed by atoms with Gasteiger partial charge in [-0.15, -0.1) is 11.3 Å². The molecule has 10 heteroatoms. The first-order valence-corrected chi connectivity index (χ1v) is 12.5. The highest BCUT2D eigenvalue weighted by atomic mass is 32.2. The number of aryl methyl sites for hydroxylation is 3. The minimum absolute atomic E-state index is 0.0966. The van der Waals surface area contributed by atoms with E-state index in [9.17, 15) is 13.2 Å². The Morgan fingerprint density at radius 3 is 2.67 bits per heavy atom. The number of rotatable bonds is 8. The number of amides is 1. The first-order valence-electron chi connectivity index (χ1n) is 10.2. The molecule has 0 bridgehead atoms. The average molecular weight is 483 g/mol. The van der Waals surface area contributed by atoms with E-state index in [-0.39, 0.29) is 23.6 Å². The molecule has 170 valence electrons. The van der Waals surface area contributed by atoms with Crippen molar-refractivity contribution in [2.24, 2.45) is 0 Å². The molecule has 4 rings (SSSR count). The molecule has 0 radical (unpaired) electrons. The molecule has 1 amide bonds. The minimum Gasteiger partial charge on any atom is -0.339 e. The monoisotopic (exact) mass is 482 g/mol. The molecule has 0 fully saturated rings. The predicted molar refractivity (Wildman–Crippen MR) is 128 cm³/mol. The van der Waals surface area contributed by atoms with Gasteiger partial charge in [-0.05, 0) is 60.7 Å². The summed E-state index contributed by atoms with van der Waals surface area (Å²) < 4.78 is 33.7. The average Bonchev–Trinajstić information content (AvgIpc) is 3.45. The van der Waals surface area contributed by atoms with Crippen molar-refractivity contribution in [1.29, 1.82) is 0 Å². The Kier molecular flexibility index (Phi) is 6.57. The lowest BCUT2D eigenvalue weighted by Crippen LogP contribution is -2.16. The zero-order chi connectivity index (χ0) is 23.4. The predicted octanol–water partition coefficient (Wildman–Crippen LogP) is 4.79. The normalized spacial score (nSPS) is 11.3. The molecule has 2 heterocycles. The maximum Gasteiger partial charge on any atom is 0.262 e. The van der Waals surface area contributed by atoms with E-state index >= 15 is 0 Å². The number of benzene rings is 2. The molecule has 4 aromatic rings. The number of nitrogens with one attached hydrogen (secondary N) is 2. The molecule has 0 spiro atoms. The second-order valence-electron chi connectivity index (χ2n) is 7.49. The molecule has 0 atom stereocenters. The van der Waals surface area contributed by atoms with Gasteiger partial charge >= 0.3 is 0 Å². The van der Waals surface area contributed by atoms with Crippen molar-refractivity contribution in [3.63, 3.8) is 0 Å². The molecular formula is C23H22N4O4S2. The molecule has 0 aliphatic rings. The third-order valence-electron chi connectivity index (χ3n) is 4.81. The second-order valence-corrected chi connectivity index (χ2v) is 10.1. The number of hydrogen-bond donors (Lipinski definition) is 2. The summed E-state index contributed by atoms with van der Waals surface area (Å²) in [7, 11) is -3.83. The van der Waals surface area contributed by atoms with Crippen molar-refractivity contribution in [3.8, 4) is 10.7 Å². The highest BCUT2D eigenvalue weighted by Gasteiger charge is 2.19. The van der Waals surface area contributed by atoms with Crippen molar-refractivity contribution in [3.05, 3.63) is 77.0 Å². The van der Waals surface area contributed by atoms with Gasteiger partial charge in [0, 0.05) is 24.2 Å². The second kappa shape index (κ2) is 9.55. The van der Waals surface area contributed by atoms with Gasteiger partial charge in [0.25, 0.3) is 10.0 Å². The van der Waals surface area contributed by atoms with E-state index in [1.807, 2.05) is 30.5 Å². The molecule has 2 aromatic heterocycles. The largest absolute Gasteiger partial charge is 0.339 e. The minimum atomic E-state index is -3.83. The summed E-state index contributed by atoms with van der Waals surface area (Å²) >= 11 is 1.50. The number of hydrogen-bond acceptors (Lipinski definition) is 7. The van der Waals surface area contributed by atoms with Crippen LogP contribution in [0.3, 0.4) is 0 Å². The van der Waals surface area contributed by atoms with Gasteiger partial charge < -0.3 is 9.84 Å². The summed E-state index contributed by atoms with van der Waals surface area (Å²) in [6.45, 7) is 3.59. The molecular weight excluding hydrogens is 460 g/mol. The summed E-state index contributed by atoms with van der Waals surface area (Å²) in [5.74, 6) is 0.572. The summed E-state index contributed by atoms with van der Waals surface area (Å²) in [6, 6.07) is 15.7. The van der Waals surface area contributed by atoms with Gasteiger partial charge in [0.15, 0.2) is 0 Å². The lowest BCUT2D eigenvalue weighted by molar-refractivity contribution is -0.116. The number of nitrogens with zero attached hydrogens (tertiary/aromatic N) is 2. The number of anilines is 2. The Labute approximate surface area is 195 Å². The molecule has 0 saturated heterocycles. The molecule has 0 aliphatic carbocycles. The number of sulfonamides is 1. The van der Waals surface area contributed by atoms with Gasteiger partial charge in [0.1, 0.15) is 0 Å². The van der Waals surface area contributed by atoms with E-state index in [1.54, 1.807) is 37.3 Å². The van der Waals surface area contributed by atoms with Gasteiger partial charge in [-0.1, -0.05) is 29.4 Å². The fraction of sp³-hybridized carbons (Fsp3) is 0.174. The third kappa shape index (κ3) is 5.65. The molecule has 2 aromatic carbocycles. The number of carbonyl (C=O) groups excluding carboxylic acids is 1. The van der Waals surface area contributed by atoms with Gasteiger partial charge in [0.05, 0.1) is 9.77 Å². The SMILES string of the molecule is Cc1cccc(NS(=O)(=O)c2cc(NC(=O)CCc3nc(-c4cccs4)no3)ccc2C)c1. The van der Waals surface area contributed by atoms with Gasteiger partial charge in [-0.3, -0.25) is 9.52 Å². The maximum atomic E-state index is 12.9. The smallest absolute Gasteiger partial charge is 0.262 e. The molecule has 0 saturated carbocycles. The van der Waals surface area contributed by atoms with Crippen LogP contribution in [0, 0.1) is 13.8 Å². The van der Waals surface area contributed by atoms with E-state index in [2.05, 4.69) is 20.2 Å². The topological polar surface area (TPSA) is 114 Å². The van der Waals surface area contributed by atoms with E-state index in [0.717, 1.165) is 10.4 Å². The highest BCUT2D eigenvalue weighted by Crippen LogP contribution is 2.24. The van der Waals surface area contributed by atoms with Gasteiger partial charge in [-0.25, -0.2) is 8.42 Å². The van der Waals surface area contributed by atoms with Crippen molar-refractivity contribution in [1.82, 2.24) is 10.1 Å². The van der Waals surface area contributed by atoms with Crippen molar-refractivity contribution in [2.75, 3.05) is 10.0 Å². The lowest BCUT2D eigenvalue weighted by atomic mass is 10.2. The number of aromatic nitrogens is 2. The summed E-state index contributed by atoms with van der Waals surface area (Å²) in [5, 5.41) is 8.59.